The van der Waals surface area contributed by atoms with Crippen LogP contribution in [0.3, 0.4) is 0 Å². The van der Waals surface area contributed by atoms with Crippen LogP contribution in [0, 0.1) is 0 Å². The Morgan fingerprint density at radius 1 is 1.04 bits per heavy atom. The molecule has 0 aromatic heterocycles. The van der Waals surface area contributed by atoms with E-state index in [1.165, 1.54) is 19.3 Å². The number of rotatable bonds is 4. The highest BCUT2D eigenvalue weighted by atomic mass is 16.7. The number of methoxy groups -OCH3 is 1. The Labute approximate surface area is 143 Å². The largest absolute Gasteiger partial charge is 0.493 e. The number of hydrogen-bond acceptors (Lipinski definition) is 9. The van der Waals surface area contributed by atoms with Gasteiger partial charge in [0.15, 0.2) is 11.5 Å². The van der Waals surface area contributed by atoms with E-state index < -0.39 is 43.6 Å². The molecule has 0 amide bonds. The van der Waals surface area contributed by atoms with Crippen molar-refractivity contribution >= 4 is 6.08 Å². The van der Waals surface area contributed by atoms with Crippen LogP contribution in [0.2, 0.25) is 0 Å². The standard InChI is InChI=1S/C16H20O9/c1-22-9-4-7-2-3-12(18)23-8(7)5-10(9)24-16-15(21)14(20)13(19)11(6-17)25-16/h2-5,11-21H,6H2,1H3. The summed E-state index contributed by atoms with van der Waals surface area (Å²) in [5.74, 6) is 0.767. The van der Waals surface area contributed by atoms with Crippen LogP contribution in [0.4, 0.5) is 0 Å². The van der Waals surface area contributed by atoms with Crippen LogP contribution in [0.25, 0.3) is 6.08 Å². The van der Waals surface area contributed by atoms with E-state index in [4.69, 9.17) is 18.9 Å². The summed E-state index contributed by atoms with van der Waals surface area (Å²) in [5.41, 5.74) is 0.656. The minimum Gasteiger partial charge on any atom is -0.493 e. The molecule has 1 aromatic rings. The highest BCUT2D eigenvalue weighted by molar-refractivity contribution is 5.65. The smallest absolute Gasteiger partial charge is 0.229 e. The minimum atomic E-state index is -1.56. The fourth-order valence-electron chi connectivity index (χ4n) is 2.69. The first kappa shape index (κ1) is 17.9. The Morgan fingerprint density at radius 3 is 2.48 bits per heavy atom. The summed E-state index contributed by atoms with van der Waals surface area (Å²) in [5, 5.41) is 48.4. The van der Waals surface area contributed by atoms with Crippen molar-refractivity contribution in [3.63, 3.8) is 0 Å². The van der Waals surface area contributed by atoms with Crippen molar-refractivity contribution < 1.29 is 44.5 Å². The van der Waals surface area contributed by atoms with Gasteiger partial charge in [0, 0.05) is 11.6 Å². The quantitative estimate of drug-likeness (QED) is 0.441. The van der Waals surface area contributed by atoms with Gasteiger partial charge in [-0.25, -0.2) is 0 Å². The molecule has 1 aromatic carbocycles. The van der Waals surface area contributed by atoms with Gasteiger partial charge in [0.05, 0.1) is 13.7 Å². The van der Waals surface area contributed by atoms with E-state index in [0.29, 0.717) is 17.1 Å². The summed E-state index contributed by atoms with van der Waals surface area (Å²) in [7, 11) is 1.42. The van der Waals surface area contributed by atoms with E-state index in [2.05, 4.69) is 0 Å². The molecule has 1 saturated heterocycles. The predicted molar refractivity (Wildman–Crippen MR) is 83.1 cm³/mol. The SMILES string of the molecule is COc1cc2c(cc1OC1OC(CO)C(O)C(O)C1O)OC(O)C=C2. The summed E-state index contributed by atoms with van der Waals surface area (Å²) in [6.07, 6.45) is -5.01. The van der Waals surface area contributed by atoms with Crippen LogP contribution < -0.4 is 14.2 Å². The van der Waals surface area contributed by atoms with Crippen LogP contribution in [0.1, 0.15) is 5.56 Å². The summed E-state index contributed by atoms with van der Waals surface area (Å²) in [6.45, 7) is -0.563. The van der Waals surface area contributed by atoms with Gasteiger partial charge in [-0.1, -0.05) is 0 Å². The number of benzene rings is 1. The van der Waals surface area contributed by atoms with E-state index in [-0.39, 0.29) is 5.75 Å². The van der Waals surface area contributed by atoms with Gasteiger partial charge in [-0.05, 0) is 18.2 Å². The van der Waals surface area contributed by atoms with Crippen LogP contribution in [0.5, 0.6) is 17.2 Å². The van der Waals surface area contributed by atoms with Crippen molar-refractivity contribution in [3.05, 3.63) is 23.8 Å². The molecule has 0 spiro atoms. The lowest BCUT2D eigenvalue weighted by molar-refractivity contribution is -0.277. The zero-order valence-electron chi connectivity index (χ0n) is 13.3. The van der Waals surface area contributed by atoms with Crippen LogP contribution in [-0.4, -0.2) is 76.2 Å². The van der Waals surface area contributed by atoms with Gasteiger partial charge in [0.25, 0.3) is 0 Å². The molecule has 6 unspecified atom stereocenters. The van der Waals surface area contributed by atoms with Gasteiger partial charge in [0.2, 0.25) is 12.6 Å². The molecule has 2 aliphatic rings. The number of aliphatic hydroxyl groups is 5. The van der Waals surface area contributed by atoms with Crippen molar-refractivity contribution in [1.82, 2.24) is 0 Å². The molecule has 3 rings (SSSR count). The lowest BCUT2D eigenvalue weighted by Gasteiger charge is -2.39. The van der Waals surface area contributed by atoms with Crippen molar-refractivity contribution in [2.75, 3.05) is 13.7 Å². The molecule has 0 aliphatic carbocycles. The van der Waals surface area contributed by atoms with Crippen molar-refractivity contribution in [2.24, 2.45) is 0 Å². The highest BCUT2D eigenvalue weighted by Crippen LogP contribution is 2.39. The molecule has 138 valence electrons. The lowest BCUT2D eigenvalue weighted by Crippen LogP contribution is -2.60. The summed E-state index contributed by atoms with van der Waals surface area (Å²) in [4.78, 5) is 0. The zero-order valence-corrected chi connectivity index (χ0v) is 13.3. The monoisotopic (exact) mass is 356 g/mol. The Bertz CT molecular complexity index is 645. The molecule has 9 nitrogen and oxygen atoms in total. The second-order valence-corrected chi connectivity index (χ2v) is 5.72. The van der Waals surface area contributed by atoms with Crippen molar-refractivity contribution in [1.29, 1.82) is 0 Å². The molecule has 1 fully saturated rings. The molecular weight excluding hydrogens is 336 g/mol. The number of hydrogen-bond donors (Lipinski definition) is 5. The molecule has 6 atom stereocenters. The Kier molecular flexibility index (Phi) is 5.13. The van der Waals surface area contributed by atoms with Gasteiger partial charge in [0.1, 0.15) is 30.2 Å². The first-order valence-corrected chi connectivity index (χ1v) is 7.66. The molecule has 2 aliphatic heterocycles. The van der Waals surface area contributed by atoms with E-state index in [1.54, 1.807) is 12.1 Å². The number of aliphatic hydroxyl groups excluding tert-OH is 5. The Morgan fingerprint density at radius 2 is 1.80 bits per heavy atom. The zero-order chi connectivity index (χ0) is 18.1. The van der Waals surface area contributed by atoms with Gasteiger partial charge in [-0.15, -0.1) is 0 Å². The second kappa shape index (κ2) is 7.16. The number of ether oxygens (including phenoxy) is 4. The first-order chi connectivity index (χ1) is 11.9. The minimum absolute atomic E-state index is 0.132. The molecule has 0 radical (unpaired) electrons. The first-order valence-electron chi connectivity index (χ1n) is 7.66. The Balaban J connectivity index is 1.87. The second-order valence-electron chi connectivity index (χ2n) is 5.72. The van der Waals surface area contributed by atoms with E-state index in [0.717, 1.165) is 0 Å². The topological polar surface area (TPSA) is 138 Å². The normalized spacial score (nSPS) is 34.2. The molecule has 5 N–H and O–H groups in total. The fraction of sp³-hybridized carbons (Fsp3) is 0.500. The van der Waals surface area contributed by atoms with Crippen molar-refractivity contribution in [3.8, 4) is 17.2 Å². The molecule has 25 heavy (non-hydrogen) atoms. The average molecular weight is 356 g/mol. The van der Waals surface area contributed by atoms with Crippen molar-refractivity contribution in [2.45, 2.75) is 37.0 Å². The predicted octanol–water partition coefficient (Wildman–Crippen LogP) is -1.40. The van der Waals surface area contributed by atoms with Gasteiger partial charge in [-0.3, -0.25) is 0 Å². The maximum atomic E-state index is 10.1. The van der Waals surface area contributed by atoms with E-state index >= 15 is 0 Å². The number of fused-ring (bicyclic) bond motifs is 1. The lowest BCUT2D eigenvalue weighted by atomic mass is 9.99. The van der Waals surface area contributed by atoms with Gasteiger partial charge in [-0.2, -0.15) is 0 Å². The molecule has 0 saturated carbocycles. The summed E-state index contributed by atoms with van der Waals surface area (Å²) >= 11 is 0. The third kappa shape index (κ3) is 3.43. The summed E-state index contributed by atoms with van der Waals surface area (Å²) < 4.78 is 21.4. The van der Waals surface area contributed by atoms with Crippen LogP contribution in [-0.2, 0) is 4.74 Å². The molecule has 0 bridgehead atoms. The maximum Gasteiger partial charge on any atom is 0.229 e. The molecule has 9 heteroatoms. The maximum absolute atomic E-state index is 10.1. The summed E-state index contributed by atoms with van der Waals surface area (Å²) in [6, 6.07) is 3.05. The van der Waals surface area contributed by atoms with Gasteiger partial charge >= 0.3 is 0 Å². The van der Waals surface area contributed by atoms with Crippen LogP contribution >= 0.6 is 0 Å². The molecule has 2 heterocycles. The highest BCUT2D eigenvalue weighted by Gasteiger charge is 2.45. The third-order valence-corrected chi connectivity index (χ3v) is 4.08. The fourth-order valence-corrected chi connectivity index (χ4v) is 2.69. The van der Waals surface area contributed by atoms with Crippen LogP contribution in [0.15, 0.2) is 18.2 Å². The molecular formula is C16H20O9. The van der Waals surface area contributed by atoms with Gasteiger partial charge < -0.3 is 44.5 Å². The Hall–Kier alpha value is -1.88. The van der Waals surface area contributed by atoms with E-state index in [9.17, 15) is 25.5 Å². The van der Waals surface area contributed by atoms with E-state index in [1.807, 2.05) is 0 Å². The third-order valence-electron chi connectivity index (χ3n) is 4.08. The average Bonchev–Trinajstić information content (AvgIpc) is 2.61.